The van der Waals surface area contributed by atoms with Crippen molar-refractivity contribution in [3.63, 3.8) is 0 Å². The van der Waals surface area contributed by atoms with Crippen molar-refractivity contribution >= 4 is 29.5 Å². The Labute approximate surface area is 177 Å². The third-order valence-corrected chi connectivity index (χ3v) is 5.41. The molecule has 0 aliphatic carbocycles. The molecule has 1 N–H and O–H groups in total. The van der Waals surface area contributed by atoms with Crippen LogP contribution < -0.4 is 11.0 Å². The largest absolute Gasteiger partial charge is 0.271 e. The molecule has 0 radical (unpaired) electrons. The molecular formula is C23H18N4O2S. The maximum absolute atomic E-state index is 13.0. The van der Waals surface area contributed by atoms with Crippen molar-refractivity contribution in [2.45, 2.75) is 10.8 Å². The Balaban J connectivity index is 1.63. The number of hydrogen-bond acceptors (Lipinski definition) is 5. The predicted octanol–water partition coefficient (Wildman–Crippen LogP) is 3.75. The number of nitrogens with one attached hydrogen (secondary N) is 1. The quantitative estimate of drug-likeness (QED) is 0.226. The average Bonchev–Trinajstić information content (AvgIpc) is 2.80. The second-order valence-electron chi connectivity index (χ2n) is 6.40. The molecule has 0 saturated heterocycles. The molecule has 2 heterocycles. The molecule has 2 aromatic carbocycles. The predicted molar refractivity (Wildman–Crippen MR) is 119 cm³/mol. The molecule has 6 nitrogen and oxygen atoms in total. The standard InChI is InChI=1S/C23H18N4O2S/c28-21(18-11-5-2-6-12-18)26-24-15-19-22(30-16-17-9-3-1-4-10-17)25-20-13-7-8-14-27(20)23(19)29/h1-15H,16H2,(H,26,28). The Morgan fingerprint density at radius 2 is 1.70 bits per heavy atom. The first kappa shape index (κ1) is 19.6. The molecule has 0 atom stereocenters. The van der Waals surface area contributed by atoms with E-state index >= 15 is 0 Å². The van der Waals surface area contributed by atoms with Crippen molar-refractivity contribution < 1.29 is 4.79 Å². The molecule has 2 aromatic heterocycles. The van der Waals surface area contributed by atoms with E-state index in [0.717, 1.165) is 5.56 Å². The zero-order chi connectivity index (χ0) is 20.8. The van der Waals surface area contributed by atoms with Gasteiger partial charge in [0.05, 0.1) is 11.8 Å². The topological polar surface area (TPSA) is 75.8 Å². The van der Waals surface area contributed by atoms with Gasteiger partial charge in [0.25, 0.3) is 11.5 Å². The van der Waals surface area contributed by atoms with E-state index in [1.165, 1.54) is 22.4 Å². The van der Waals surface area contributed by atoms with Gasteiger partial charge in [0, 0.05) is 17.5 Å². The molecular weight excluding hydrogens is 396 g/mol. The van der Waals surface area contributed by atoms with Crippen molar-refractivity contribution in [1.82, 2.24) is 14.8 Å². The number of rotatable bonds is 6. The van der Waals surface area contributed by atoms with Gasteiger partial charge >= 0.3 is 0 Å². The fraction of sp³-hybridized carbons (Fsp3) is 0.0435. The summed E-state index contributed by atoms with van der Waals surface area (Å²) in [6, 6.07) is 24.1. The normalized spacial score (nSPS) is 11.1. The molecule has 1 amide bonds. The summed E-state index contributed by atoms with van der Waals surface area (Å²) in [6.45, 7) is 0. The number of amides is 1. The van der Waals surface area contributed by atoms with Gasteiger partial charge in [-0.05, 0) is 29.8 Å². The van der Waals surface area contributed by atoms with Crippen molar-refractivity contribution in [3.05, 3.63) is 112 Å². The van der Waals surface area contributed by atoms with Crippen LogP contribution in [0.3, 0.4) is 0 Å². The molecule has 4 aromatic rings. The number of hydrazone groups is 1. The number of fused-ring (bicyclic) bond motifs is 1. The lowest BCUT2D eigenvalue weighted by Gasteiger charge is -2.08. The lowest BCUT2D eigenvalue weighted by Crippen LogP contribution is -2.23. The Morgan fingerprint density at radius 1 is 1.00 bits per heavy atom. The van der Waals surface area contributed by atoms with Gasteiger partial charge in [-0.15, -0.1) is 11.8 Å². The minimum atomic E-state index is -0.348. The maximum atomic E-state index is 13.0. The molecule has 4 rings (SSSR count). The zero-order valence-electron chi connectivity index (χ0n) is 15.9. The van der Waals surface area contributed by atoms with E-state index in [-0.39, 0.29) is 11.5 Å². The molecule has 0 aliphatic rings. The van der Waals surface area contributed by atoms with Gasteiger partial charge in [-0.25, -0.2) is 10.4 Å². The van der Waals surface area contributed by atoms with Crippen LogP contribution in [0.4, 0.5) is 0 Å². The first-order chi connectivity index (χ1) is 14.7. The summed E-state index contributed by atoms with van der Waals surface area (Å²) in [5, 5.41) is 4.57. The number of thioether (sulfide) groups is 1. The van der Waals surface area contributed by atoms with Crippen molar-refractivity contribution in [2.24, 2.45) is 5.10 Å². The average molecular weight is 414 g/mol. The highest BCUT2D eigenvalue weighted by atomic mass is 32.2. The van der Waals surface area contributed by atoms with Crippen LogP contribution in [0.5, 0.6) is 0 Å². The number of pyridine rings is 1. The first-order valence-corrected chi connectivity index (χ1v) is 10.3. The Bertz CT molecular complexity index is 1250. The number of nitrogens with zero attached hydrogens (tertiary/aromatic N) is 3. The lowest BCUT2D eigenvalue weighted by atomic mass is 10.2. The number of benzene rings is 2. The Kier molecular flexibility index (Phi) is 6.01. The molecule has 30 heavy (non-hydrogen) atoms. The van der Waals surface area contributed by atoms with E-state index < -0.39 is 0 Å². The maximum Gasteiger partial charge on any atom is 0.271 e. The van der Waals surface area contributed by atoms with Crippen LogP contribution in [-0.4, -0.2) is 21.5 Å². The van der Waals surface area contributed by atoms with Crippen LogP contribution in [0.1, 0.15) is 21.5 Å². The smallest absolute Gasteiger partial charge is 0.268 e. The highest BCUT2D eigenvalue weighted by molar-refractivity contribution is 7.98. The highest BCUT2D eigenvalue weighted by Crippen LogP contribution is 2.22. The van der Waals surface area contributed by atoms with Crippen LogP contribution in [-0.2, 0) is 5.75 Å². The molecule has 148 valence electrons. The molecule has 0 fully saturated rings. The SMILES string of the molecule is O=C(NN=Cc1c(SCc2ccccc2)nc2ccccn2c1=O)c1ccccc1. The fourth-order valence-corrected chi connectivity index (χ4v) is 3.79. The van der Waals surface area contributed by atoms with E-state index in [9.17, 15) is 9.59 Å². The van der Waals surface area contributed by atoms with Crippen LogP contribution in [0.15, 0.2) is 100.0 Å². The van der Waals surface area contributed by atoms with Crippen LogP contribution in [0.25, 0.3) is 5.65 Å². The van der Waals surface area contributed by atoms with Gasteiger partial charge in [0.15, 0.2) is 0 Å². The minimum absolute atomic E-state index is 0.242. The van der Waals surface area contributed by atoms with Crippen LogP contribution in [0, 0.1) is 0 Å². The monoisotopic (exact) mass is 414 g/mol. The van der Waals surface area contributed by atoms with Crippen molar-refractivity contribution in [2.75, 3.05) is 0 Å². The van der Waals surface area contributed by atoms with Crippen LogP contribution in [0.2, 0.25) is 0 Å². The highest BCUT2D eigenvalue weighted by Gasteiger charge is 2.12. The second kappa shape index (κ2) is 9.19. The third-order valence-electron chi connectivity index (χ3n) is 4.35. The molecule has 0 saturated carbocycles. The zero-order valence-corrected chi connectivity index (χ0v) is 16.8. The summed E-state index contributed by atoms with van der Waals surface area (Å²) < 4.78 is 1.47. The summed E-state index contributed by atoms with van der Waals surface area (Å²) in [5.74, 6) is 0.312. The minimum Gasteiger partial charge on any atom is -0.268 e. The van der Waals surface area contributed by atoms with Gasteiger partial charge in [0.1, 0.15) is 10.7 Å². The van der Waals surface area contributed by atoms with Gasteiger partial charge in [-0.1, -0.05) is 54.6 Å². The van der Waals surface area contributed by atoms with Gasteiger partial charge < -0.3 is 0 Å². The van der Waals surface area contributed by atoms with E-state index in [1.54, 1.807) is 42.6 Å². The number of aromatic nitrogens is 2. The Morgan fingerprint density at radius 3 is 2.47 bits per heavy atom. The summed E-state index contributed by atoms with van der Waals surface area (Å²) in [7, 11) is 0. The number of carbonyl (C=O) groups is 1. The first-order valence-electron chi connectivity index (χ1n) is 9.29. The number of hydrogen-bond donors (Lipinski definition) is 1. The van der Waals surface area contributed by atoms with Gasteiger partial charge in [-0.2, -0.15) is 5.10 Å². The summed E-state index contributed by atoms with van der Waals surface area (Å²) in [6.07, 6.45) is 3.03. The molecule has 0 aliphatic heterocycles. The van der Waals surface area contributed by atoms with E-state index in [4.69, 9.17) is 0 Å². The summed E-state index contributed by atoms with van der Waals surface area (Å²) in [4.78, 5) is 29.8. The van der Waals surface area contributed by atoms with E-state index in [0.29, 0.717) is 27.6 Å². The third kappa shape index (κ3) is 4.47. The number of carbonyl (C=O) groups excluding carboxylic acids is 1. The van der Waals surface area contributed by atoms with E-state index in [2.05, 4.69) is 15.5 Å². The van der Waals surface area contributed by atoms with Gasteiger partial charge in [0.2, 0.25) is 0 Å². The lowest BCUT2D eigenvalue weighted by molar-refractivity contribution is 0.0955. The summed E-state index contributed by atoms with van der Waals surface area (Å²) >= 11 is 1.46. The Hall–Kier alpha value is -3.71. The molecule has 0 spiro atoms. The summed E-state index contributed by atoms with van der Waals surface area (Å²) in [5.41, 5.74) is 4.72. The molecule has 0 unspecified atom stereocenters. The molecule has 0 bridgehead atoms. The fourth-order valence-electron chi connectivity index (χ4n) is 2.84. The van der Waals surface area contributed by atoms with Crippen molar-refractivity contribution in [3.8, 4) is 0 Å². The van der Waals surface area contributed by atoms with E-state index in [1.807, 2.05) is 42.5 Å². The molecule has 7 heteroatoms. The van der Waals surface area contributed by atoms with Gasteiger partial charge in [-0.3, -0.25) is 14.0 Å². The second-order valence-corrected chi connectivity index (χ2v) is 7.37. The van der Waals surface area contributed by atoms with Crippen molar-refractivity contribution in [1.29, 1.82) is 0 Å². The van der Waals surface area contributed by atoms with Crippen LogP contribution >= 0.6 is 11.8 Å².